The SMILES string of the molecule is COc1cc([C@H]2c3sc(=O)[nH]c3SC3C2[C@H]2C[C@@H]3C3C(=O)N(c4cccc(C(F)(F)F)c4)C(=O)C32)ccc1OCC(=O)Nc1ccccc1. The Morgan fingerprint density at radius 3 is 2.45 bits per heavy atom. The molecular weight excluding hydrogens is 680 g/mol. The van der Waals surface area contributed by atoms with E-state index in [4.69, 9.17) is 9.47 Å². The van der Waals surface area contributed by atoms with Gasteiger partial charge in [0, 0.05) is 21.7 Å². The molecule has 7 atom stereocenters. The van der Waals surface area contributed by atoms with Gasteiger partial charge in [-0.2, -0.15) is 13.2 Å². The van der Waals surface area contributed by atoms with Crippen molar-refractivity contribution in [2.24, 2.45) is 29.6 Å². The second-order valence-electron chi connectivity index (χ2n) is 12.6. The van der Waals surface area contributed by atoms with Crippen molar-refractivity contribution in [1.29, 1.82) is 0 Å². The van der Waals surface area contributed by atoms with E-state index < -0.39 is 35.4 Å². The first-order chi connectivity index (χ1) is 23.5. The fourth-order valence-electron chi connectivity index (χ4n) is 8.32. The van der Waals surface area contributed by atoms with Gasteiger partial charge in [0.2, 0.25) is 11.8 Å². The molecule has 3 aromatic carbocycles. The highest BCUT2D eigenvalue weighted by Crippen LogP contribution is 2.69. The Morgan fingerprint density at radius 1 is 0.959 bits per heavy atom. The number of hydrogen-bond donors (Lipinski definition) is 2. The molecule has 2 aliphatic heterocycles. The van der Waals surface area contributed by atoms with Crippen molar-refractivity contribution in [3.8, 4) is 11.5 Å². The van der Waals surface area contributed by atoms with Gasteiger partial charge in [0.1, 0.15) is 0 Å². The van der Waals surface area contributed by atoms with Crippen LogP contribution in [0.15, 0.2) is 82.6 Å². The quantitative estimate of drug-likeness (QED) is 0.221. The number of halogens is 3. The number of rotatable bonds is 7. The summed E-state index contributed by atoms with van der Waals surface area (Å²) in [5.74, 6) is -2.80. The van der Waals surface area contributed by atoms with E-state index in [-0.39, 0.29) is 52.0 Å². The fraction of sp³-hybridized carbons (Fsp3) is 0.314. The molecule has 3 amide bonds. The zero-order chi connectivity index (χ0) is 34.2. The van der Waals surface area contributed by atoms with Crippen LogP contribution in [0.25, 0.3) is 0 Å². The van der Waals surface area contributed by atoms with Gasteiger partial charge in [-0.15, -0.1) is 11.8 Å². The molecule has 2 N–H and O–H groups in total. The van der Waals surface area contributed by atoms with Crippen molar-refractivity contribution in [3.63, 3.8) is 0 Å². The number of methoxy groups -OCH3 is 1. The maximum atomic E-state index is 14.0. The minimum atomic E-state index is -4.62. The van der Waals surface area contributed by atoms with Crippen LogP contribution in [0.1, 0.15) is 28.3 Å². The average Bonchev–Trinajstić information content (AvgIpc) is 3.82. The number of anilines is 2. The third-order valence-corrected chi connectivity index (χ3v) is 12.7. The number of hydrogen-bond acceptors (Lipinski definition) is 8. The van der Waals surface area contributed by atoms with E-state index in [1.165, 1.54) is 31.0 Å². The number of amides is 3. The summed E-state index contributed by atoms with van der Waals surface area (Å²) in [5, 5.41) is 3.37. The van der Waals surface area contributed by atoms with Gasteiger partial charge in [0.25, 0.3) is 5.91 Å². The summed E-state index contributed by atoms with van der Waals surface area (Å²) in [6, 6.07) is 18.7. The largest absolute Gasteiger partial charge is 0.493 e. The summed E-state index contributed by atoms with van der Waals surface area (Å²) < 4.78 is 52.1. The molecule has 4 aliphatic rings. The second-order valence-corrected chi connectivity index (χ2v) is 14.8. The molecule has 0 radical (unpaired) electrons. The molecule has 4 unspecified atom stereocenters. The number of carbonyl (C=O) groups excluding carboxylic acids is 3. The Labute approximate surface area is 285 Å². The number of carbonyl (C=O) groups is 3. The lowest BCUT2D eigenvalue weighted by Gasteiger charge is -2.43. The van der Waals surface area contributed by atoms with Crippen LogP contribution in [-0.4, -0.2) is 41.7 Å². The number of thiazole rings is 1. The Bertz CT molecular complexity index is 2050. The van der Waals surface area contributed by atoms with E-state index in [9.17, 15) is 32.3 Å². The lowest BCUT2D eigenvalue weighted by molar-refractivity contribution is -0.137. The number of para-hydroxylation sites is 1. The van der Waals surface area contributed by atoms with Crippen molar-refractivity contribution >= 4 is 52.2 Å². The van der Waals surface area contributed by atoms with Gasteiger partial charge in [-0.3, -0.25) is 24.1 Å². The minimum absolute atomic E-state index is 0.0768. The van der Waals surface area contributed by atoms with Crippen LogP contribution in [0.4, 0.5) is 24.5 Å². The van der Waals surface area contributed by atoms with Gasteiger partial charge in [-0.05, 0) is 72.2 Å². The molecule has 49 heavy (non-hydrogen) atoms. The number of fused-ring (bicyclic) bond motifs is 9. The summed E-state index contributed by atoms with van der Waals surface area (Å²) >= 11 is 2.62. The smallest absolute Gasteiger partial charge is 0.416 e. The van der Waals surface area contributed by atoms with Crippen molar-refractivity contribution < 1.29 is 37.0 Å². The molecule has 1 saturated heterocycles. The van der Waals surface area contributed by atoms with E-state index in [0.29, 0.717) is 28.6 Å². The number of aromatic amines is 1. The molecule has 1 aromatic heterocycles. The van der Waals surface area contributed by atoms with Crippen molar-refractivity contribution in [2.75, 3.05) is 23.9 Å². The Balaban J connectivity index is 1.10. The zero-order valence-electron chi connectivity index (χ0n) is 25.7. The van der Waals surface area contributed by atoms with Crippen LogP contribution < -0.4 is 24.6 Å². The van der Waals surface area contributed by atoms with Crippen LogP contribution in [0, 0.1) is 29.6 Å². The van der Waals surface area contributed by atoms with E-state index in [2.05, 4.69) is 10.3 Å². The van der Waals surface area contributed by atoms with Crippen LogP contribution in [0.3, 0.4) is 0 Å². The number of ether oxygens (including phenoxy) is 2. The van der Waals surface area contributed by atoms with Crippen molar-refractivity contribution in [1.82, 2.24) is 4.98 Å². The van der Waals surface area contributed by atoms with E-state index in [1.807, 2.05) is 30.3 Å². The molecule has 2 bridgehead atoms. The Kier molecular flexibility index (Phi) is 7.63. The highest BCUT2D eigenvalue weighted by molar-refractivity contribution is 8.00. The highest BCUT2D eigenvalue weighted by atomic mass is 32.2. The van der Waals surface area contributed by atoms with Crippen LogP contribution in [0.5, 0.6) is 11.5 Å². The predicted octanol–water partition coefficient (Wildman–Crippen LogP) is 6.16. The topological polar surface area (TPSA) is 118 Å². The molecule has 3 heterocycles. The molecule has 2 aliphatic carbocycles. The Morgan fingerprint density at radius 2 is 1.71 bits per heavy atom. The number of H-pyrrole nitrogens is 1. The number of aromatic nitrogens is 1. The molecular formula is C35H28F3N3O6S2. The number of alkyl halides is 3. The number of thioether (sulfide) groups is 1. The van der Waals surface area contributed by atoms with E-state index in [0.717, 1.165) is 38.8 Å². The van der Waals surface area contributed by atoms with E-state index in [1.54, 1.807) is 18.2 Å². The maximum absolute atomic E-state index is 14.0. The van der Waals surface area contributed by atoms with Gasteiger partial charge in [-0.1, -0.05) is 41.7 Å². The first kappa shape index (κ1) is 31.7. The van der Waals surface area contributed by atoms with Gasteiger partial charge in [-0.25, -0.2) is 0 Å². The molecule has 252 valence electrons. The van der Waals surface area contributed by atoms with Crippen molar-refractivity contribution in [2.45, 2.75) is 28.8 Å². The Hall–Kier alpha value is -4.56. The summed E-state index contributed by atoms with van der Waals surface area (Å²) in [6.07, 6.45) is -4.00. The first-order valence-corrected chi connectivity index (χ1v) is 17.3. The maximum Gasteiger partial charge on any atom is 0.416 e. The lowest BCUT2D eigenvalue weighted by atomic mass is 9.68. The number of nitrogens with zero attached hydrogens (tertiary/aromatic N) is 1. The normalized spacial score (nSPS) is 26.7. The van der Waals surface area contributed by atoms with Gasteiger partial charge >= 0.3 is 11.0 Å². The average molecular weight is 708 g/mol. The van der Waals surface area contributed by atoms with Crippen LogP contribution >= 0.6 is 23.1 Å². The fourth-order valence-corrected chi connectivity index (χ4v) is 11.2. The van der Waals surface area contributed by atoms with Gasteiger partial charge in [0.05, 0.1) is 35.2 Å². The third kappa shape index (κ3) is 5.23. The zero-order valence-corrected chi connectivity index (χ0v) is 27.4. The third-order valence-electron chi connectivity index (χ3n) is 10.1. The minimum Gasteiger partial charge on any atom is -0.493 e. The van der Waals surface area contributed by atoms with Gasteiger partial charge < -0.3 is 19.8 Å². The molecule has 9 nitrogen and oxygen atoms in total. The molecule has 8 rings (SSSR count). The number of imide groups is 1. The van der Waals surface area contributed by atoms with Crippen LogP contribution in [0.2, 0.25) is 0 Å². The summed E-state index contributed by atoms with van der Waals surface area (Å²) in [7, 11) is 1.49. The molecule has 4 aromatic rings. The predicted molar refractivity (Wildman–Crippen MR) is 176 cm³/mol. The number of nitrogens with one attached hydrogen (secondary N) is 2. The van der Waals surface area contributed by atoms with Gasteiger partial charge in [0.15, 0.2) is 18.1 Å². The summed E-state index contributed by atoms with van der Waals surface area (Å²) in [5.41, 5.74) is 0.451. The molecule has 2 saturated carbocycles. The highest BCUT2D eigenvalue weighted by Gasteiger charge is 2.69. The second kappa shape index (κ2) is 11.8. The monoisotopic (exact) mass is 707 g/mol. The summed E-state index contributed by atoms with van der Waals surface area (Å²) in [4.78, 5) is 57.6. The lowest BCUT2D eigenvalue weighted by Crippen LogP contribution is -2.42. The molecule has 3 fully saturated rings. The first-order valence-electron chi connectivity index (χ1n) is 15.6. The van der Waals surface area contributed by atoms with Crippen LogP contribution in [-0.2, 0) is 20.6 Å². The molecule has 0 spiro atoms. The summed E-state index contributed by atoms with van der Waals surface area (Å²) in [6.45, 7) is -0.260. The molecule has 14 heteroatoms. The van der Waals surface area contributed by atoms with E-state index >= 15 is 0 Å². The number of benzene rings is 3. The standard InChI is InChI=1S/C35H28F3N3O6S2/c1-46-23-12-16(10-11-22(23)47-15-24(42)39-18-7-3-2-4-8-18)25-26-20-14-21(29(26)48-31-30(25)49-34(45)40-31)28-27(20)32(43)41(33(28)44)19-9-5-6-17(13-19)35(36,37)38/h2-13,20-21,25-29H,14-15H2,1H3,(H,39,42)(H,40,45)/t20-,21-,25-,26?,27?,28?,29?/m1/s1. The van der Waals surface area contributed by atoms with Crippen molar-refractivity contribution in [3.05, 3.63) is 98.5 Å².